The molecular weight excluding hydrogens is 711 g/mol. The first-order valence-electron chi connectivity index (χ1n) is 18.9. The number of hydrogen-bond donors (Lipinski definition) is 2. The molecule has 288 valence electrons. The highest BCUT2D eigenvalue weighted by molar-refractivity contribution is 7.91. The van der Waals surface area contributed by atoms with Crippen LogP contribution in [0.5, 0.6) is 0 Å². The molecule has 2 saturated heterocycles. The van der Waals surface area contributed by atoms with Gasteiger partial charge in [0.1, 0.15) is 17.7 Å². The second-order valence-corrected chi connectivity index (χ2v) is 18.3. The Hall–Kier alpha value is -4.72. The van der Waals surface area contributed by atoms with Crippen molar-refractivity contribution in [2.75, 3.05) is 19.6 Å². The highest BCUT2D eigenvalue weighted by atomic mass is 32.2. The van der Waals surface area contributed by atoms with Crippen LogP contribution in [-0.2, 0) is 33.9 Å². The van der Waals surface area contributed by atoms with Crippen LogP contribution in [-0.4, -0.2) is 95.1 Å². The number of hydrogen-bond acceptors (Lipinski definition) is 8. The quantitative estimate of drug-likeness (QED) is 0.286. The Labute approximate surface area is 315 Å². The summed E-state index contributed by atoms with van der Waals surface area (Å²) in [6.45, 7) is 10.6. The number of carbonyl (C=O) groups excluding carboxylic acids is 5. The number of piperidine rings is 1. The van der Waals surface area contributed by atoms with E-state index >= 15 is 0 Å². The second kappa shape index (κ2) is 14.2. The Morgan fingerprint density at radius 1 is 0.963 bits per heavy atom. The topological polar surface area (TPSA) is 164 Å². The monoisotopic (exact) mass is 759 g/mol. The molecule has 4 aliphatic rings. The molecule has 0 bridgehead atoms. The van der Waals surface area contributed by atoms with Crippen LogP contribution in [0.3, 0.4) is 0 Å². The third-order valence-corrected chi connectivity index (χ3v) is 13.4. The predicted molar refractivity (Wildman–Crippen MR) is 202 cm³/mol. The zero-order valence-electron chi connectivity index (χ0n) is 31.1. The number of likely N-dealkylation sites (tertiary alicyclic amines) is 2. The summed E-state index contributed by atoms with van der Waals surface area (Å²) in [5.41, 5.74) is -0.956. The summed E-state index contributed by atoms with van der Waals surface area (Å²) in [5.74, 6) is -3.44. The van der Waals surface area contributed by atoms with E-state index in [9.17, 15) is 32.4 Å². The lowest BCUT2D eigenvalue weighted by atomic mass is 9.77. The Kier molecular flexibility index (Phi) is 9.86. The number of benzene rings is 2. The summed E-state index contributed by atoms with van der Waals surface area (Å²) in [7, 11) is -3.91. The minimum Gasteiger partial charge on any atom is -0.444 e. The maximum Gasteiger partial charge on any atom is 0.419 e. The third kappa shape index (κ3) is 7.12. The van der Waals surface area contributed by atoms with Gasteiger partial charge < -0.3 is 19.9 Å². The van der Waals surface area contributed by atoms with Gasteiger partial charge in [-0.05, 0) is 56.1 Å². The van der Waals surface area contributed by atoms with Crippen molar-refractivity contribution in [3.05, 3.63) is 61.2 Å². The van der Waals surface area contributed by atoms with Crippen LogP contribution in [0.4, 0.5) is 4.79 Å². The SMILES string of the molecule is C=CC1CC1(NC(=O)[C@@H]1C[C@@H](OC(=O)n2c3ccccc3c3ccccc32)CN1C(=O)[C@@H](CC(=O)N1CCCCC1)C(C)(C)C)C(=O)NS(=O)(=O)C1CC1. The van der Waals surface area contributed by atoms with Gasteiger partial charge in [0, 0.05) is 42.6 Å². The largest absolute Gasteiger partial charge is 0.444 e. The molecular formula is C40H49N5O8S. The number of fused-ring (bicyclic) bond motifs is 3. The van der Waals surface area contributed by atoms with E-state index in [1.54, 1.807) is 4.90 Å². The number of rotatable bonds is 10. The average Bonchev–Trinajstić information content (AvgIpc) is 4.05. The summed E-state index contributed by atoms with van der Waals surface area (Å²) in [6.07, 6.45) is 3.67. The highest BCUT2D eigenvalue weighted by Crippen LogP contribution is 2.46. The second-order valence-electron chi connectivity index (χ2n) is 16.4. The summed E-state index contributed by atoms with van der Waals surface area (Å²) < 4.78 is 35.2. The van der Waals surface area contributed by atoms with Crippen molar-refractivity contribution in [2.24, 2.45) is 17.3 Å². The van der Waals surface area contributed by atoms with Crippen LogP contribution in [0.1, 0.15) is 72.1 Å². The smallest absolute Gasteiger partial charge is 0.419 e. The average molecular weight is 760 g/mol. The van der Waals surface area contributed by atoms with Crippen molar-refractivity contribution >= 4 is 61.6 Å². The van der Waals surface area contributed by atoms with Gasteiger partial charge in [-0.25, -0.2) is 17.8 Å². The highest BCUT2D eigenvalue weighted by Gasteiger charge is 2.62. The van der Waals surface area contributed by atoms with Crippen molar-refractivity contribution in [1.82, 2.24) is 24.4 Å². The molecule has 4 fully saturated rings. The van der Waals surface area contributed by atoms with E-state index in [2.05, 4.69) is 16.6 Å². The first kappa shape index (κ1) is 37.6. The van der Waals surface area contributed by atoms with E-state index in [-0.39, 0.29) is 31.7 Å². The van der Waals surface area contributed by atoms with E-state index in [4.69, 9.17) is 4.74 Å². The molecule has 2 saturated carbocycles. The van der Waals surface area contributed by atoms with Gasteiger partial charge in [0.05, 0.1) is 28.7 Å². The zero-order valence-corrected chi connectivity index (χ0v) is 31.9. The molecule has 3 heterocycles. The number of aromatic nitrogens is 1. The van der Waals surface area contributed by atoms with Gasteiger partial charge in [-0.1, -0.05) is 63.2 Å². The number of carbonyl (C=O) groups is 5. The molecule has 7 rings (SSSR count). The number of para-hydroxylation sites is 2. The van der Waals surface area contributed by atoms with E-state index in [0.29, 0.717) is 37.0 Å². The first-order chi connectivity index (χ1) is 25.6. The van der Waals surface area contributed by atoms with Crippen molar-refractivity contribution < 1.29 is 37.1 Å². The molecule has 14 heteroatoms. The van der Waals surface area contributed by atoms with Gasteiger partial charge >= 0.3 is 6.09 Å². The summed E-state index contributed by atoms with van der Waals surface area (Å²) in [5, 5.41) is 3.88. The van der Waals surface area contributed by atoms with E-state index in [1.165, 1.54) is 15.5 Å². The van der Waals surface area contributed by atoms with Crippen molar-refractivity contribution in [3.63, 3.8) is 0 Å². The van der Waals surface area contributed by atoms with Crippen LogP contribution >= 0.6 is 0 Å². The molecule has 2 N–H and O–H groups in total. The van der Waals surface area contributed by atoms with Gasteiger partial charge in [0.15, 0.2) is 0 Å². The zero-order chi connectivity index (χ0) is 38.6. The Balaban J connectivity index is 1.18. The fourth-order valence-corrected chi connectivity index (χ4v) is 9.48. The molecule has 0 radical (unpaired) electrons. The molecule has 5 atom stereocenters. The predicted octanol–water partition coefficient (Wildman–Crippen LogP) is 4.48. The summed E-state index contributed by atoms with van der Waals surface area (Å²) in [4.78, 5) is 73.3. The molecule has 2 aliphatic heterocycles. The number of nitrogens with one attached hydrogen (secondary N) is 2. The van der Waals surface area contributed by atoms with Crippen LogP contribution in [0, 0.1) is 17.3 Å². The van der Waals surface area contributed by atoms with Crippen LogP contribution in [0.2, 0.25) is 0 Å². The molecule has 2 aromatic carbocycles. The Bertz CT molecular complexity index is 2080. The standard InChI is InChI=1S/C40H49N5O8S/c1-5-25-23-40(25,37(49)42-54(51,52)27-17-18-27)41-35(47)33-21-26(53-38(50)45-31-15-9-7-13-28(31)29-14-8-10-16-32(29)45)24-44(33)36(48)30(39(2,3)4)22-34(46)43-19-11-6-12-20-43/h5,7-10,13-16,25-27,30,33H,1,6,11-12,17-24H2,2-4H3,(H,41,47)(H,42,49)/t25?,26-,30-,33+,40?/m1/s1. The number of sulfonamides is 1. The Morgan fingerprint density at radius 3 is 2.13 bits per heavy atom. The van der Waals surface area contributed by atoms with Gasteiger partial charge in [-0.15, -0.1) is 6.58 Å². The molecule has 4 amide bonds. The van der Waals surface area contributed by atoms with E-state index in [0.717, 1.165) is 30.0 Å². The fraction of sp³-hybridized carbons (Fsp3) is 0.525. The lowest BCUT2D eigenvalue weighted by Gasteiger charge is -2.36. The number of amides is 4. The van der Waals surface area contributed by atoms with Crippen molar-refractivity contribution in [3.8, 4) is 0 Å². The molecule has 54 heavy (non-hydrogen) atoms. The number of ether oxygens (including phenoxy) is 1. The van der Waals surface area contributed by atoms with Gasteiger partial charge in [0.2, 0.25) is 27.7 Å². The molecule has 2 aliphatic carbocycles. The van der Waals surface area contributed by atoms with E-state index < -0.39 is 74.0 Å². The molecule has 2 unspecified atom stereocenters. The summed E-state index contributed by atoms with van der Waals surface area (Å²) >= 11 is 0. The molecule has 13 nitrogen and oxygen atoms in total. The maximum absolute atomic E-state index is 14.7. The minimum absolute atomic E-state index is 0.0527. The van der Waals surface area contributed by atoms with Gasteiger partial charge in [0.25, 0.3) is 5.91 Å². The molecule has 1 aromatic heterocycles. The van der Waals surface area contributed by atoms with Crippen molar-refractivity contribution in [2.45, 2.75) is 95.1 Å². The lowest BCUT2D eigenvalue weighted by Crippen LogP contribution is -2.57. The Morgan fingerprint density at radius 2 is 1.57 bits per heavy atom. The van der Waals surface area contributed by atoms with Crippen LogP contribution in [0.25, 0.3) is 21.8 Å². The first-order valence-corrected chi connectivity index (χ1v) is 20.5. The minimum atomic E-state index is -3.91. The fourth-order valence-electron chi connectivity index (χ4n) is 8.12. The molecule has 3 aromatic rings. The number of nitrogens with zero attached hydrogens (tertiary/aromatic N) is 3. The van der Waals surface area contributed by atoms with Crippen LogP contribution < -0.4 is 10.0 Å². The third-order valence-electron chi connectivity index (χ3n) is 11.6. The summed E-state index contributed by atoms with van der Waals surface area (Å²) in [6, 6.07) is 13.7. The van der Waals surface area contributed by atoms with Crippen molar-refractivity contribution in [1.29, 1.82) is 0 Å². The lowest BCUT2D eigenvalue weighted by molar-refractivity contribution is -0.148. The maximum atomic E-state index is 14.7. The molecule has 0 spiro atoms. The van der Waals surface area contributed by atoms with Crippen LogP contribution in [0.15, 0.2) is 61.2 Å². The van der Waals surface area contributed by atoms with Gasteiger partial charge in [-0.3, -0.25) is 23.9 Å². The normalized spacial score (nSPS) is 24.9. The van der Waals surface area contributed by atoms with E-state index in [1.807, 2.05) is 69.3 Å². The van der Waals surface area contributed by atoms with Gasteiger partial charge in [-0.2, -0.15) is 0 Å².